The average molecular weight is 281 g/mol. The molecule has 4 nitrogen and oxygen atoms in total. The van der Waals surface area contributed by atoms with Gasteiger partial charge in [-0.05, 0) is 40.0 Å². The fourth-order valence-electron chi connectivity index (χ4n) is 3.17. The zero-order valence-corrected chi connectivity index (χ0v) is 12.7. The van der Waals surface area contributed by atoms with Crippen LogP contribution < -0.4 is 0 Å². The maximum absolute atomic E-state index is 5.95. The molecule has 104 valence electrons. The average Bonchev–Trinajstić information content (AvgIpc) is 2.85. The molecule has 1 saturated carbocycles. The summed E-state index contributed by atoms with van der Waals surface area (Å²) in [6.45, 7) is 7.39. The van der Waals surface area contributed by atoms with Gasteiger partial charge in [0.15, 0.2) is 5.65 Å². The van der Waals surface area contributed by atoms with Crippen LogP contribution in [-0.2, 0) is 18.5 Å². The first kappa shape index (κ1) is 13.0. The van der Waals surface area contributed by atoms with Crippen molar-refractivity contribution >= 4 is 22.8 Å². The second kappa shape index (κ2) is 4.51. The Hall–Kier alpha value is -1.03. The first-order valence-electron chi connectivity index (χ1n) is 7.12. The second-order valence-corrected chi connectivity index (χ2v) is 6.10. The van der Waals surface area contributed by atoms with Crippen molar-refractivity contribution in [2.24, 2.45) is 0 Å². The van der Waals surface area contributed by atoms with Gasteiger partial charge in [-0.2, -0.15) is 5.10 Å². The summed E-state index contributed by atoms with van der Waals surface area (Å²) in [7, 11) is 0. The van der Waals surface area contributed by atoms with Gasteiger partial charge in [0.05, 0.1) is 5.69 Å². The predicted molar refractivity (Wildman–Crippen MR) is 77.9 cm³/mol. The molecule has 0 amide bonds. The van der Waals surface area contributed by atoms with Crippen molar-refractivity contribution < 1.29 is 0 Å². The van der Waals surface area contributed by atoms with E-state index in [4.69, 9.17) is 16.6 Å². The fourth-order valence-corrected chi connectivity index (χ4v) is 3.33. The van der Waals surface area contributed by atoms with Gasteiger partial charge in [-0.1, -0.05) is 0 Å². The summed E-state index contributed by atoms with van der Waals surface area (Å²) in [6, 6.07) is 0. The first-order valence-corrected chi connectivity index (χ1v) is 7.65. The largest absolute Gasteiger partial charge is 0.307 e. The van der Waals surface area contributed by atoms with Gasteiger partial charge in [-0.3, -0.25) is 0 Å². The highest BCUT2D eigenvalue weighted by Crippen LogP contribution is 2.42. The van der Waals surface area contributed by atoms with E-state index in [0.717, 1.165) is 30.0 Å². The minimum Gasteiger partial charge on any atom is -0.307 e. The SMILES string of the molecule is CCn1nc(C)c2nc(CCCl)n(C3(C)CCC3)c21. The molecule has 0 spiro atoms. The Balaban J connectivity index is 2.27. The number of rotatable bonds is 4. The third-order valence-corrected chi connectivity index (χ3v) is 4.56. The van der Waals surface area contributed by atoms with E-state index in [2.05, 4.69) is 28.2 Å². The van der Waals surface area contributed by atoms with Gasteiger partial charge in [0.25, 0.3) is 0 Å². The summed E-state index contributed by atoms with van der Waals surface area (Å²) in [5.74, 6) is 1.74. The number of hydrogen-bond acceptors (Lipinski definition) is 2. The molecule has 5 heteroatoms. The molecular formula is C14H21ClN4. The summed E-state index contributed by atoms with van der Waals surface area (Å²) in [6.07, 6.45) is 4.58. The Labute approximate surface area is 118 Å². The molecule has 0 radical (unpaired) electrons. The topological polar surface area (TPSA) is 35.6 Å². The van der Waals surface area contributed by atoms with E-state index in [0.29, 0.717) is 5.88 Å². The van der Waals surface area contributed by atoms with Crippen molar-refractivity contribution in [3.63, 3.8) is 0 Å². The molecule has 0 aliphatic heterocycles. The number of aromatic nitrogens is 4. The van der Waals surface area contributed by atoms with Gasteiger partial charge in [-0.25, -0.2) is 9.67 Å². The molecule has 0 aromatic carbocycles. The van der Waals surface area contributed by atoms with Gasteiger partial charge >= 0.3 is 0 Å². The highest BCUT2D eigenvalue weighted by atomic mass is 35.5. The molecule has 2 aromatic heterocycles. The number of nitrogens with zero attached hydrogens (tertiary/aromatic N) is 4. The maximum atomic E-state index is 5.95. The summed E-state index contributed by atoms with van der Waals surface area (Å²) in [5, 5.41) is 4.60. The monoisotopic (exact) mass is 280 g/mol. The lowest BCUT2D eigenvalue weighted by Gasteiger charge is -2.41. The Morgan fingerprint density at radius 1 is 1.37 bits per heavy atom. The van der Waals surface area contributed by atoms with Gasteiger partial charge in [0.1, 0.15) is 11.3 Å². The van der Waals surface area contributed by atoms with Crippen LogP contribution in [0.1, 0.15) is 44.6 Å². The zero-order valence-electron chi connectivity index (χ0n) is 11.9. The van der Waals surface area contributed by atoms with E-state index in [1.165, 1.54) is 24.9 Å². The molecule has 0 saturated heterocycles. The van der Waals surface area contributed by atoms with Crippen LogP contribution in [0, 0.1) is 6.92 Å². The van der Waals surface area contributed by atoms with E-state index >= 15 is 0 Å². The first-order chi connectivity index (χ1) is 9.10. The number of aryl methyl sites for hydroxylation is 3. The normalized spacial score (nSPS) is 17.9. The third kappa shape index (κ3) is 1.80. The number of imidazole rings is 1. The van der Waals surface area contributed by atoms with Crippen molar-refractivity contribution in [2.75, 3.05) is 5.88 Å². The Morgan fingerprint density at radius 2 is 2.11 bits per heavy atom. The highest BCUT2D eigenvalue weighted by molar-refractivity contribution is 6.17. The molecule has 0 atom stereocenters. The summed E-state index contributed by atoms with van der Waals surface area (Å²) in [5.41, 5.74) is 3.46. The molecule has 2 aromatic rings. The van der Waals surface area contributed by atoms with Gasteiger partial charge in [0.2, 0.25) is 0 Å². The van der Waals surface area contributed by atoms with Crippen LogP contribution in [0.5, 0.6) is 0 Å². The predicted octanol–water partition coefficient (Wildman–Crippen LogP) is 3.24. The van der Waals surface area contributed by atoms with Crippen molar-refractivity contribution in [3.05, 3.63) is 11.5 Å². The van der Waals surface area contributed by atoms with Crippen LogP contribution in [0.25, 0.3) is 11.2 Å². The number of hydrogen-bond donors (Lipinski definition) is 0. The molecule has 2 heterocycles. The highest BCUT2D eigenvalue weighted by Gasteiger charge is 2.38. The number of halogens is 1. The van der Waals surface area contributed by atoms with Crippen LogP contribution in [0.3, 0.4) is 0 Å². The quantitative estimate of drug-likeness (QED) is 0.806. The van der Waals surface area contributed by atoms with Crippen molar-refractivity contribution in [1.29, 1.82) is 0 Å². The van der Waals surface area contributed by atoms with Gasteiger partial charge in [0, 0.05) is 24.4 Å². The van der Waals surface area contributed by atoms with Crippen LogP contribution in [-0.4, -0.2) is 25.2 Å². The Bertz CT molecular complexity index is 607. The summed E-state index contributed by atoms with van der Waals surface area (Å²) in [4.78, 5) is 4.81. The van der Waals surface area contributed by atoms with Crippen LogP contribution >= 0.6 is 11.6 Å². The molecule has 0 N–H and O–H groups in total. The molecule has 0 unspecified atom stereocenters. The molecule has 1 aliphatic carbocycles. The number of alkyl halides is 1. The summed E-state index contributed by atoms with van der Waals surface area (Å²) >= 11 is 5.95. The number of fused-ring (bicyclic) bond motifs is 1. The minimum atomic E-state index is 0.204. The zero-order chi connectivity index (χ0) is 13.6. The van der Waals surface area contributed by atoms with Crippen LogP contribution in [0.15, 0.2) is 0 Å². The van der Waals surface area contributed by atoms with Crippen molar-refractivity contribution in [3.8, 4) is 0 Å². The molecule has 3 rings (SSSR count). The van der Waals surface area contributed by atoms with Crippen molar-refractivity contribution in [2.45, 2.75) is 58.5 Å². The molecule has 1 aliphatic rings. The Kier molecular flexibility index (Phi) is 3.08. The maximum Gasteiger partial charge on any atom is 0.159 e. The van der Waals surface area contributed by atoms with E-state index in [1.807, 2.05) is 6.92 Å². The lowest BCUT2D eigenvalue weighted by atomic mass is 9.78. The molecule has 1 fully saturated rings. The molecule has 19 heavy (non-hydrogen) atoms. The smallest absolute Gasteiger partial charge is 0.159 e. The Morgan fingerprint density at radius 3 is 2.63 bits per heavy atom. The third-order valence-electron chi connectivity index (χ3n) is 4.37. The standard InChI is InChI=1S/C14H21ClN4/c1-4-18-13-12(10(2)17-18)16-11(6-9-15)19(13)14(3)7-5-8-14/h4-9H2,1-3H3. The van der Waals surface area contributed by atoms with Gasteiger partial charge < -0.3 is 4.57 Å². The van der Waals surface area contributed by atoms with Crippen LogP contribution in [0.4, 0.5) is 0 Å². The van der Waals surface area contributed by atoms with E-state index in [1.54, 1.807) is 0 Å². The van der Waals surface area contributed by atoms with Crippen molar-refractivity contribution in [1.82, 2.24) is 19.3 Å². The van der Waals surface area contributed by atoms with Crippen LogP contribution in [0.2, 0.25) is 0 Å². The molecular weight excluding hydrogens is 260 g/mol. The fraction of sp³-hybridized carbons (Fsp3) is 0.714. The lowest BCUT2D eigenvalue weighted by molar-refractivity contribution is 0.167. The van der Waals surface area contributed by atoms with Gasteiger partial charge in [-0.15, -0.1) is 11.6 Å². The second-order valence-electron chi connectivity index (χ2n) is 5.73. The summed E-state index contributed by atoms with van der Waals surface area (Å²) < 4.78 is 4.50. The molecule has 0 bridgehead atoms. The minimum absolute atomic E-state index is 0.204. The lowest BCUT2D eigenvalue weighted by Crippen LogP contribution is -2.39. The van der Waals surface area contributed by atoms with E-state index in [9.17, 15) is 0 Å². The van der Waals surface area contributed by atoms with E-state index in [-0.39, 0.29) is 5.54 Å². The van der Waals surface area contributed by atoms with E-state index < -0.39 is 0 Å².